The van der Waals surface area contributed by atoms with Crippen LogP contribution in [-0.2, 0) is 10.2 Å². The number of carbonyl (C=O) groups excluding carboxylic acids is 1. The Hall–Kier alpha value is -2.17. The SMILES string of the molecule is Cc1ccc(-c2n[nH]c(C3(C4CCN(C=O)CC4C)CC3)n2)cc1. The standard InChI is InChI=1S/C19H24N4O/c1-13-3-5-15(6-4-13)17-20-18(22-21-17)19(8-9-19)16-7-10-23(12-24)11-14(16)2/h3-6,12,14,16H,7-11H2,1-2H3,(H,20,21,22). The minimum atomic E-state index is 0.143. The van der Waals surface area contributed by atoms with Crippen LogP contribution in [0, 0.1) is 18.8 Å². The van der Waals surface area contributed by atoms with Crippen LogP contribution < -0.4 is 0 Å². The molecule has 0 radical (unpaired) electrons. The lowest BCUT2D eigenvalue weighted by Crippen LogP contribution is -2.43. The largest absolute Gasteiger partial charge is 0.345 e. The molecule has 2 fully saturated rings. The number of nitrogens with zero attached hydrogens (tertiary/aromatic N) is 3. The first-order valence-corrected chi connectivity index (χ1v) is 8.82. The van der Waals surface area contributed by atoms with Crippen molar-refractivity contribution < 1.29 is 4.79 Å². The first-order valence-electron chi connectivity index (χ1n) is 8.82. The molecule has 5 nitrogen and oxygen atoms in total. The fourth-order valence-corrected chi connectivity index (χ4v) is 4.33. The first-order chi connectivity index (χ1) is 11.6. The molecule has 1 aliphatic heterocycles. The predicted octanol–water partition coefficient (Wildman–Crippen LogP) is 2.93. The Bertz CT molecular complexity index is 732. The monoisotopic (exact) mass is 324 g/mol. The average Bonchev–Trinajstić information content (AvgIpc) is 3.24. The Morgan fingerprint density at radius 3 is 2.67 bits per heavy atom. The highest BCUT2D eigenvalue weighted by atomic mass is 16.1. The molecular weight excluding hydrogens is 300 g/mol. The summed E-state index contributed by atoms with van der Waals surface area (Å²) in [6.45, 7) is 6.06. The van der Waals surface area contributed by atoms with Crippen molar-refractivity contribution in [1.82, 2.24) is 20.1 Å². The molecule has 0 bridgehead atoms. The number of likely N-dealkylation sites (tertiary alicyclic amines) is 1. The van der Waals surface area contributed by atoms with Crippen LogP contribution in [0.5, 0.6) is 0 Å². The zero-order valence-corrected chi connectivity index (χ0v) is 14.3. The molecule has 24 heavy (non-hydrogen) atoms. The number of benzene rings is 1. The topological polar surface area (TPSA) is 61.9 Å². The Morgan fingerprint density at radius 2 is 2.04 bits per heavy atom. The van der Waals surface area contributed by atoms with E-state index in [2.05, 4.69) is 48.3 Å². The highest BCUT2D eigenvalue weighted by Crippen LogP contribution is 2.57. The van der Waals surface area contributed by atoms with Crippen molar-refractivity contribution in [3.8, 4) is 11.4 Å². The third-order valence-electron chi connectivity index (χ3n) is 5.85. The van der Waals surface area contributed by atoms with E-state index >= 15 is 0 Å². The summed E-state index contributed by atoms with van der Waals surface area (Å²) in [5, 5.41) is 7.69. The Labute approximate surface area is 142 Å². The molecule has 2 aliphatic rings. The minimum Gasteiger partial charge on any atom is -0.345 e. The van der Waals surface area contributed by atoms with Crippen molar-refractivity contribution in [2.24, 2.45) is 11.8 Å². The van der Waals surface area contributed by atoms with Gasteiger partial charge in [0.1, 0.15) is 5.82 Å². The number of aromatic nitrogens is 3. The molecule has 126 valence electrons. The van der Waals surface area contributed by atoms with Gasteiger partial charge in [0.05, 0.1) is 0 Å². The number of aryl methyl sites for hydroxylation is 1. The van der Waals surface area contributed by atoms with Gasteiger partial charge in [0.15, 0.2) is 5.82 Å². The number of H-pyrrole nitrogens is 1. The molecule has 2 atom stereocenters. The van der Waals surface area contributed by atoms with Crippen LogP contribution in [0.15, 0.2) is 24.3 Å². The van der Waals surface area contributed by atoms with Crippen LogP contribution in [0.3, 0.4) is 0 Å². The number of aromatic amines is 1. The zero-order valence-electron chi connectivity index (χ0n) is 14.3. The third-order valence-corrected chi connectivity index (χ3v) is 5.85. The Kier molecular flexibility index (Phi) is 3.66. The number of rotatable bonds is 4. The van der Waals surface area contributed by atoms with E-state index in [4.69, 9.17) is 4.98 Å². The summed E-state index contributed by atoms with van der Waals surface area (Å²) in [5.74, 6) is 2.90. The second-order valence-electron chi connectivity index (χ2n) is 7.50. The van der Waals surface area contributed by atoms with Crippen LogP contribution in [0.1, 0.15) is 37.6 Å². The van der Waals surface area contributed by atoms with E-state index in [0.29, 0.717) is 11.8 Å². The maximum atomic E-state index is 11.0. The van der Waals surface area contributed by atoms with E-state index in [1.165, 1.54) is 18.4 Å². The summed E-state index contributed by atoms with van der Waals surface area (Å²) in [4.78, 5) is 17.8. The highest BCUT2D eigenvalue weighted by Gasteiger charge is 2.55. The van der Waals surface area contributed by atoms with E-state index in [-0.39, 0.29) is 5.41 Å². The lowest BCUT2D eigenvalue weighted by molar-refractivity contribution is -0.120. The van der Waals surface area contributed by atoms with E-state index in [9.17, 15) is 4.79 Å². The maximum Gasteiger partial charge on any atom is 0.209 e. The highest BCUT2D eigenvalue weighted by molar-refractivity contribution is 5.55. The van der Waals surface area contributed by atoms with E-state index in [1.54, 1.807) is 0 Å². The van der Waals surface area contributed by atoms with E-state index in [1.807, 2.05) is 4.90 Å². The smallest absolute Gasteiger partial charge is 0.209 e. The van der Waals surface area contributed by atoms with Crippen LogP contribution in [-0.4, -0.2) is 39.6 Å². The van der Waals surface area contributed by atoms with Gasteiger partial charge in [0.2, 0.25) is 6.41 Å². The van der Waals surface area contributed by atoms with Gasteiger partial charge in [-0.3, -0.25) is 9.89 Å². The van der Waals surface area contributed by atoms with Gasteiger partial charge in [-0.05, 0) is 38.0 Å². The number of hydrogen-bond donors (Lipinski definition) is 1. The molecule has 1 saturated heterocycles. The lowest BCUT2D eigenvalue weighted by Gasteiger charge is -2.39. The van der Waals surface area contributed by atoms with Gasteiger partial charge in [0.25, 0.3) is 0 Å². The summed E-state index contributed by atoms with van der Waals surface area (Å²) >= 11 is 0. The van der Waals surface area contributed by atoms with Crippen LogP contribution in [0.25, 0.3) is 11.4 Å². The number of amides is 1. The normalized spacial score (nSPS) is 25.5. The average molecular weight is 324 g/mol. The zero-order chi connectivity index (χ0) is 16.7. The number of nitrogens with one attached hydrogen (secondary N) is 1. The summed E-state index contributed by atoms with van der Waals surface area (Å²) in [6, 6.07) is 8.34. The Morgan fingerprint density at radius 1 is 1.29 bits per heavy atom. The van der Waals surface area contributed by atoms with Gasteiger partial charge in [-0.2, -0.15) is 5.10 Å². The van der Waals surface area contributed by atoms with Gasteiger partial charge < -0.3 is 4.90 Å². The molecule has 4 rings (SSSR count). The third kappa shape index (κ3) is 2.52. The van der Waals surface area contributed by atoms with Gasteiger partial charge >= 0.3 is 0 Å². The van der Waals surface area contributed by atoms with Crippen molar-refractivity contribution in [2.45, 2.75) is 38.5 Å². The predicted molar refractivity (Wildman–Crippen MR) is 92.4 cm³/mol. The fourth-order valence-electron chi connectivity index (χ4n) is 4.33. The quantitative estimate of drug-likeness (QED) is 0.880. The molecular formula is C19H24N4O. The summed E-state index contributed by atoms with van der Waals surface area (Å²) in [7, 11) is 0. The van der Waals surface area contributed by atoms with Gasteiger partial charge in [-0.1, -0.05) is 36.8 Å². The Balaban J connectivity index is 1.57. The summed E-state index contributed by atoms with van der Waals surface area (Å²) in [5.41, 5.74) is 2.44. The van der Waals surface area contributed by atoms with Crippen molar-refractivity contribution in [3.05, 3.63) is 35.7 Å². The van der Waals surface area contributed by atoms with E-state index < -0.39 is 0 Å². The fraction of sp³-hybridized carbons (Fsp3) is 0.526. The number of carbonyl (C=O) groups is 1. The first kappa shape index (κ1) is 15.4. The van der Waals surface area contributed by atoms with Crippen LogP contribution in [0.2, 0.25) is 0 Å². The van der Waals surface area contributed by atoms with Crippen molar-refractivity contribution in [1.29, 1.82) is 0 Å². The van der Waals surface area contributed by atoms with Crippen molar-refractivity contribution in [3.63, 3.8) is 0 Å². The molecule has 1 aromatic heterocycles. The molecule has 2 heterocycles. The molecule has 1 aromatic carbocycles. The summed E-state index contributed by atoms with van der Waals surface area (Å²) < 4.78 is 0. The van der Waals surface area contributed by atoms with E-state index in [0.717, 1.165) is 43.1 Å². The van der Waals surface area contributed by atoms with Crippen LogP contribution in [0.4, 0.5) is 0 Å². The molecule has 1 N–H and O–H groups in total. The second kappa shape index (κ2) is 5.72. The molecule has 2 unspecified atom stereocenters. The van der Waals surface area contributed by atoms with Gasteiger partial charge in [-0.25, -0.2) is 4.98 Å². The van der Waals surface area contributed by atoms with Gasteiger partial charge in [-0.15, -0.1) is 0 Å². The second-order valence-corrected chi connectivity index (χ2v) is 7.50. The molecule has 1 saturated carbocycles. The molecule has 0 spiro atoms. The van der Waals surface area contributed by atoms with Crippen LogP contribution >= 0.6 is 0 Å². The maximum absolute atomic E-state index is 11.0. The molecule has 1 aliphatic carbocycles. The van der Waals surface area contributed by atoms with Crippen molar-refractivity contribution in [2.75, 3.05) is 13.1 Å². The number of hydrogen-bond acceptors (Lipinski definition) is 3. The lowest BCUT2D eigenvalue weighted by atomic mass is 9.75. The minimum absolute atomic E-state index is 0.143. The number of piperidine rings is 1. The molecule has 5 heteroatoms. The molecule has 2 aromatic rings. The van der Waals surface area contributed by atoms with Crippen molar-refractivity contribution >= 4 is 6.41 Å². The molecule has 1 amide bonds. The summed E-state index contributed by atoms with van der Waals surface area (Å²) in [6.07, 6.45) is 4.38. The van der Waals surface area contributed by atoms with Gasteiger partial charge in [0, 0.05) is 24.1 Å².